The van der Waals surface area contributed by atoms with Gasteiger partial charge in [0.2, 0.25) is 0 Å². The first kappa shape index (κ1) is 8.95. The molecule has 0 unspecified atom stereocenters. The topological polar surface area (TPSA) is 26.3 Å². The Morgan fingerprint density at radius 2 is 2.30 bits per heavy atom. The fourth-order valence-electron chi connectivity index (χ4n) is 0.452. The molecule has 2 heteroatoms. The Hall–Kier alpha value is -1.05. The fourth-order valence-corrected chi connectivity index (χ4v) is 0.452. The second-order valence-electron chi connectivity index (χ2n) is 1.84. The molecule has 0 saturated carbocycles. The fraction of sp³-hybridized carbons (Fsp3) is 0.375. The van der Waals surface area contributed by atoms with Gasteiger partial charge in [-0.3, -0.25) is 4.79 Å². The van der Waals surface area contributed by atoms with Gasteiger partial charge >= 0.3 is 5.97 Å². The summed E-state index contributed by atoms with van der Waals surface area (Å²) in [6.07, 6.45) is 3.63. The normalized spacial score (nSPS) is 10.8. The van der Waals surface area contributed by atoms with E-state index in [4.69, 9.17) is 4.74 Å². The molecule has 0 atom stereocenters. The number of allylic oxidation sites excluding steroid dienone is 3. The van der Waals surface area contributed by atoms with Gasteiger partial charge in [-0.1, -0.05) is 19.6 Å². The van der Waals surface area contributed by atoms with E-state index >= 15 is 0 Å². The van der Waals surface area contributed by atoms with Crippen molar-refractivity contribution in [3.8, 4) is 0 Å². The lowest BCUT2D eigenvalue weighted by atomic mass is 10.4. The molecule has 0 aromatic heterocycles. The molecule has 0 aliphatic carbocycles. The highest BCUT2D eigenvalue weighted by molar-refractivity contribution is 5.70. The maximum absolute atomic E-state index is 10.6. The number of carbonyl (C=O) groups excluding carboxylic acids is 1. The number of ether oxygens (including phenoxy) is 1. The van der Waals surface area contributed by atoms with Crippen molar-refractivity contribution in [1.82, 2.24) is 0 Å². The van der Waals surface area contributed by atoms with Gasteiger partial charge in [-0.15, -0.1) is 0 Å². The smallest absolute Gasteiger partial charge is 0.310 e. The lowest BCUT2D eigenvalue weighted by molar-refractivity contribution is -0.138. The van der Waals surface area contributed by atoms with Crippen molar-refractivity contribution in [2.45, 2.75) is 20.3 Å². The third-order valence-corrected chi connectivity index (χ3v) is 0.916. The van der Waals surface area contributed by atoms with Gasteiger partial charge in [0.05, 0.1) is 0 Å². The van der Waals surface area contributed by atoms with Crippen LogP contribution in [0, 0.1) is 0 Å². The van der Waals surface area contributed by atoms with Gasteiger partial charge in [0, 0.05) is 6.42 Å². The van der Waals surface area contributed by atoms with Crippen molar-refractivity contribution in [1.29, 1.82) is 0 Å². The molecule has 0 saturated heterocycles. The van der Waals surface area contributed by atoms with Crippen LogP contribution in [0.5, 0.6) is 0 Å². The maximum atomic E-state index is 10.6. The van der Waals surface area contributed by atoms with E-state index in [-0.39, 0.29) is 5.97 Å². The lowest BCUT2D eigenvalue weighted by Gasteiger charge is -1.99. The lowest BCUT2D eigenvalue weighted by Crippen LogP contribution is -1.99. The molecule has 0 aromatic carbocycles. The van der Waals surface area contributed by atoms with E-state index in [1.54, 1.807) is 26.0 Å². The molecular weight excluding hydrogens is 128 g/mol. The molecule has 0 aliphatic rings. The average Bonchev–Trinajstić information content (AvgIpc) is 1.88. The summed E-state index contributed by atoms with van der Waals surface area (Å²) < 4.78 is 4.79. The van der Waals surface area contributed by atoms with Crippen LogP contribution in [0.2, 0.25) is 0 Å². The van der Waals surface area contributed by atoms with Gasteiger partial charge < -0.3 is 4.74 Å². The summed E-state index contributed by atoms with van der Waals surface area (Å²) in [5, 5.41) is 0. The van der Waals surface area contributed by atoms with Crippen molar-refractivity contribution in [2.75, 3.05) is 0 Å². The number of carbonyl (C=O) groups is 1. The Kier molecular flexibility index (Phi) is 4.29. The van der Waals surface area contributed by atoms with Crippen molar-refractivity contribution < 1.29 is 9.53 Å². The van der Waals surface area contributed by atoms with Crippen molar-refractivity contribution in [3.63, 3.8) is 0 Å². The Morgan fingerprint density at radius 3 is 2.70 bits per heavy atom. The molecule has 2 nitrogen and oxygen atoms in total. The first-order chi connectivity index (χ1) is 4.70. The zero-order valence-corrected chi connectivity index (χ0v) is 6.39. The predicted molar refractivity (Wildman–Crippen MR) is 40.3 cm³/mol. The quantitative estimate of drug-likeness (QED) is 0.340. The van der Waals surface area contributed by atoms with Crippen LogP contribution in [0.3, 0.4) is 0 Å². The largest absolute Gasteiger partial charge is 0.431 e. The van der Waals surface area contributed by atoms with Crippen LogP contribution in [0.4, 0.5) is 0 Å². The Morgan fingerprint density at radius 1 is 1.70 bits per heavy atom. The van der Waals surface area contributed by atoms with E-state index < -0.39 is 0 Å². The number of rotatable bonds is 3. The first-order valence-corrected chi connectivity index (χ1v) is 3.20. The summed E-state index contributed by atoms with van der Waals surface area (Å²) in [6.45, 7) is 6.94. The highest BCUT2D eigenvalue weighted by Gasteiger charge is 1.96. The molecule has 0 heterocycles. The average molecular weight is 140 g/mol. The van der Waals surface area contributed by atoms with E-state index in [2.05, 4.69) is 6.58 Å². The standard InChI is InChI=1S/C8H12O2/c1-4-6-7(3)10-8(9)5-2/h4,6H,1,5H2,2-3H3. The highest BCUT2D eigenvalue weighted by atomic mass is 16.5. The summed E-state index contributed by atoms with van der Waals surface area (Å²) >= 11 is 0. The maximum Gasteiger partial charge on any atom is 0.310 e. The van der Waals surface area contributed by atoms with Crippen molar-refractivity contribution >= 4 is 5.97 Å². The van der Waals surface area contributed by atoms with Crippen molar-refractivity contribution in [3.05, 3.63) is 24.5 Å². The molecule has 0 rings (SSSR count). The van der Waals surface area contributed by atoms with Gasteiger partial charge in [0.25, 0.3) is 0 Å². The second kappa shape index (κ2) is 4.79. The molecule has 0 aromatic rings. The van der Waals surface area contributed by atoms with Gasteiger partial charge in [-0.2, -0.15) is 0 Å². The molecule has 0 radical (unpaired) electrons. The SMILES string of the molecule is C=CC=C(C)OC(=O)CC. The summed E-state index contributed by atoms with van der Waals surface area (Å²) in [4.78, 5) is 10.6. The molecule has 0 N–H and O–H groups in total. The van der Waals surface area contributed by atoms with Crippen LogP contribution in [-0.2, 0) is 9.53 Å². The third-order valence-electron chi connectivity index (χ3n) is 0.916. The molecule has 0 aliphatic heterocycles. The minimum absolute atomic E-state index is 0.212. The Labute approximate surface area is 61.2 Å². The van der Waals surface area contributed by atoms with E-state index in [9.17, 15) is 4.79 Å². The summed E-state index contributed by atoms with van der Waals surface area (Å²) in [6, 6.07) is 0. The second-order valence-corrected chi connectivity index (χ2v) is 1.84. The zero-order valence-electron chi connectivity index (χ0n) is 6.39. The zero-order chi connectivity index (χ0) is 7.98. The van der Waals surface area contributed by atoms with Crippen LogP contribution in [0.1, 0.15) is 20.3 Å². The Balaban J connectivity index is 3.78. The summed E-state index contributed by atoms with van der Waals surface area (Å²) in [5.74, 6) is 0.373. The van der Waals surface area contributed by atoms with E-state index in [0.717, 1.165) is 0 Å². The molecule has 56 valence electrons. The Bertz CT molecular complexity index is 157. The van der Waals surface area contributed by atoms with E-state index in [1.807, 2.05) is 0 Å². The summed E-state index contributed by atoms with van der Waals surface area (Å²) in [5.41, 5.74) is 0. The highest BCUT2D eigenvalue weighted by Crippen LogP contribution is 1.97. The van der Waals surface area contributed by atoms with Gasteiger partial charge in [0.1, 0.15) is 5.76 Å². The molecule has 0 fully saturated rings. The number of esters is 1. The minimum Gasteiger partial charge on any atom is -0.431 e. The number of hydrogen-bond donors (Lipinski definition) is 0. The van der Waals surface area contributed by atoms with Gasteiger partial charge in [-0.25, -0.2) is 0 Å². The van der Waals surface area contributed by atoms with Crippen LogP contribution in [0.15, 0.2) is 24.5 Å². The van der Waals surface area contributed by atoms with E-state index in [1.165, 1.54) is 0 Å². The summed E-state index contributed by atoms with van der Waals surface area (Å²) in [7, 11) is 0. The van der Waals surface area contributed by atoms with Gasteiger partial charge in [-0.05, 0) is 13.0 Å². The predicted octanol–water partition coefficient (Wildman–Crippen LogP) is 2.03. The third kappa shape index (κ3) is 3.89. The van der Waals surface area contributed by atoms with Gasteiger partial charge in [0.15, 0.2) is 0 Å². The minimum atomic E-state index is -0.212. The molecular formula is C8H12O2. The first-order valence-electron chi connectivity index (χ1n) is 3.20. The van der Waals surface area contributed by atoms with Crippen molar-refractivity contribution in [2.24, 2.45) is 0 Å². The molecule has 0 bridgehead atoms. The van der Waals surface area contributed by atoms with Crippen LogP contribution in [-0.4, -0.2) is 5.97 Å². The molecule has 0 spiro atoms. The van der Waals surface area contributed by atoms with Crippen LogP contribution in [0.25, 0.3) is 0 Å². The van der Waals surface area contributed by atoms with E-state index in [0.29, 0.717) is 12.2 Å². The number of hydrogen-bond acceptors (Lipinski definition) is 2. The van der Waals surface area contributed by atoms with Crippen LogP contribution < -0.4 is 0 Å². The monoisotopic (exact) mass is 140 g/mol. The molecule has 0 amide bonds. The van der Waals surface area contributed by atoms with Crippen LogP contribution >= 0.6 is 0 Å². The molecule has 10 heavy (non-hydrogen) atoms.